The summed E-state index contributed by atoms with van der Waals surface area (Å²) in [5, 5.41) is 0. The Morgan fingerprint density at radius 2 is 2.00 bits per heavy atom. The van der Waals surface area contributed by atoms with E-state index in [4.69, 9.17) is 10.5 Å². The van der Waals surface area contributed by atoms with Gasteiger partial charge in [0, 0.05) is 29.8 Å². The number of nitrogens with zero attached hydrogens (tertiary/aromatic N) is 1. The second-order valence-electron chi connectivity index (χ2n) is 5.30. The van der Waals surface area contributed by atoms with Crippen LogP contribution in [-0.2, 0) is 11.2 Å². The van der Waals surface area contributed by atoms with Crippen LogP contribution in [0.25, 0.3) is 0 Å². The van der Waals surface area contributed by atoms with Crippen molar-refractivity contribution >= 4 is 21.6 Å². The number of nitrogens with two attached hydrogens (primary N) is 1. The van der Waals surface area contributed by atoms with Crippen molar-refractivity contribution in [1.82, 2.24) is 0 Å². The molecule has 1 atom stereocenters. The molecule has 2 N–H and O–H groups in total. The molecular formula is C15H25BrN2O. The van der Waals surface area contributed by atoms with Gasteiger partial charge in [-0.25, -0.2) is 0 Å². The number of hydrogen-bond acceptors (Lipinski definition) is 3. The first-order valence-electron chi connectivity index (χ1n) is 6.77. The number of hydrogen-bond donors (Lipinski definition) is 1. The third-order valence-corrected chi connectivity index (χ3v) is 3.37. The Balaban J connectivity index is 2.74. The molecule has 19 heavy (non-hydrogen) atoms. The Morgan fingerprint density at radius 3 is 2.58 bits per heavy atom. The molecule has 0 fully saturated rings. The summed E-state index contributed by atoms with van der Waals surface area (Å²) in [5.74, 6) is 0. The van der Waals surface area contributed by atoms with E-state index in [0.717, 1.165) is 24.0 Å². The summed E-state index contributed by atoms with van der Waals surface area (Å²) in [5.41, 5.74) is 8.43. The van der Waals surface area contributed by atoms with Crippen LogP contribution >= 0.6 is 15.9 Å². The Bertz CT molecular complexity index is 394. The van der Waals surface area contributed by atoms with E-state index >= 15 is 0 Å². The minimum Gasteiger partial charge on any atom is -0.377 e. The van der Waals surface area contributed by atoms with Gasteiger partial charge >= 0.3 is 0 Å². The molecule has 0 aliphatic carbocycles. The first-order valence-corrected chi connectivity index (χ1v) is 7.56. The van der Waals surface area contributed by atoms with Gasteiger partial charge in [-0.15, -0.1) is 0 Å². The highest BCUT2D eigenvalue weighted by Crippen LogP contribution is 2.24. The van der Waals surface area contributed by atoms with Gasteiger partial charge in [0.05, 0.1) is 12.7 Å². The molecule has 0 amide bonds. The maximum absolute atomic E-state index is 5.92. The normalized spacial score (nSPS) is 12.8. The molecule has 108 valence electrons. The van der Waals surface area contributed by atoms with E-state index in [0.29, 0.717) is 0 Å². The van der Waals surface area contributed by atoms with Crippen molar-refractivity contribution in [3.05, 3.63) is 28.2 Å². The van der Waals surface area contributed by atoms with Crippen LogP contribution < -0.4 is 10.6 Å². The molecule has 0 radical (unpaired) electrons. The molecule has 0 heterocycles. The number of rotatable bonds is 7. The van der Waals surface area contributed by atoms with E-state index in [2.05, 4.69) is 59.9 Å². The van der Waals surface area contributed by atoms with Crippen molar-refractivity contribution in [3.63, 3.8) is 0 Å². The summed E-state index contributed by atoms with van der Waals surface area (Å²) in [6, 6.07) is 6.52. The summed E-state index contributed by atoms with van der Waals surface area (Å²) in [7, 11) is 2.09. The first-order chi connectivity index (χ1) is 8.90. The lowest BCUT2D eigenvalue weighted by Gasteiger charge is -2.24. The molecule has 0 spiro atoms. The zero-order chi connectivity index (χ0) is 14.4. The average molecular weight is 329 g/mol. The maximum atomic E-state index is 5.92. The molecule has 0 saturated carbocycles. The quantitative estimate of drug-likeness (QED) is 0.835. The van der Waals surface area contributed by atoms with E-state index in [9.17, 15) is 0 Å². The third kappa shape index (κ3) is 5.93. The SMILES string of the molecule is CC(N)Cc1cc(Br)ccc1N(C)CCOC(C)C. The number of benzene rings is 1. The van der Waals surface area contributed by atoms with Crippen LogP contribution in [0.4, 0.5) is 5.69 Å². The van der Waals surface area contributed by atoms with Crippen molar-refractivity contribution in [3.8, 4) is 0 Å². The minimum atomic E-state index is 0.161. The van der Waals surface area contributed by atoms with Crippen molar-refractivity contribution in [2.24, 2.45) is 5.73 Å². The number of ether oxygens (including phenoxy) is 1. The van der Waals surface area contributed by atoms with Gasteiger partial charge in [0.15, 0.2) is 0 Å². The summed E-state index contributed by atoms with van der Waals surface area (Å²) in [6.07, 6.45) is 1.16. The van der Waals surface area contributed by atoms with E-state index in [1.54, 1.807) is 0 Å². The molecule has 0 aromatic heterocycles. The molecule has 0 aliphatic rings. The first kappa shape index (κ1) is 16.5. The van der Waals surface area contributed by atoms with Crippen LogP contribution in [0, 0.1) is 0 Å². The monoisotopic (exact) mass is 328 g/mol. The molecule has 3 nitrogen and oxygen atoms in total. The lowest BCUT2D eigenvalue weighted by molar-refractivity contribution is 0.0846. The van der Waals surface area contributed by atoms with Crippen LogP contribution in [0.15, 0.2) is 22.7 Å². The van der Waals surface area contributed by atoms with Crippen molar-refractivity contribution in [2.75, 3.05) is 25.1 Å². The van der Waals surface area contributed by atoms with Gasteiger partial charge in [-0.1, -0.05) is 15.9 Å². The summed E-state index contributed by atoms with van der Waals surface area (Å²) >= 11 is 3.52. The van der Waals surface area contributed by atoms with Crippen LogP contribution in [0.3, 0.4) is 0 Å². The van der Waals surface area contributed by atoms with Crippen LogP contribution in [0.5, 0.6) is 0 Å². The largest absolute Gasteiger partial charge is 0.377 e. The zero-order valence-electron chi connectivity index (χ0n) is 12.3. The molecule has 1 aromatic rings. The summed E-state index contributed by atoms with van der Waals surface area (Å²) in [4.78, 5) is 2.23. The Morgan fingerprint density at radius 1 is 1.32 bits per heavy atom. The van der Waals surface area contributed by atoms with Crippen LogP contribution in [0.2, 0.25) is 0 Å². The van der Waals surface area contributed by atoms with Gasteiger partial charge in [0.2, 0.25) is 0 Å². The lowest BCUT2D eigenvalue weighted by Crippen LogP contribution is -2.26. The fourth-order valence-electron chi connectivity index (χ4n) is 1.98. The fraction of sp³-hybridized carbons (Fsp3) is 0.600. The number of anilines is 1. The lowest BCUT2D eigenvalue weighted by atomic mass is 10.0. The number of likely N-dealkylation sites (N-methyl/N-ethyl adjacent to an activating group) is 1. The van der Waals surface area contributed by atoms with E-state index < -0.39 is 0 Å². The fourth-order valence-corrected chi connectivity index (χ4v) is 2.39. The van der Waals surface area contributed by atoms with E-state index in [1.807, 2.05) is 6.92 Å². The van der Waals surface area contributed by atoms with Crippen molar-refractivity contribution in [1.29, 1.82) is 0 Å². The summed E-state index contributed by atoms with van der Waals surface area (Å²) < 4.78 is 6.70. The topological polar surface area (TPSA) is 38.5 Å². The molecule has 0 bridgehead atoms. The van der Waals surface area contributed by atoms with Crippen LogP contribution in [0.1, 0.15) is 26.3 Å². The van der Waals surface area contributed by atoms with Gasteiger partial charge in [-0.05, 0) is 51.0 Å². The molecule has 1 unspecified atom stereocenters. The summed E-state index contributed by atoms with van der Waals surface area (Å²) in [6.45, 7) is 7.77. The minimum absolute atomic E-state index is 0.161. The maximum Gasteiger partial charge on any atom is 0.0644 e. The molecule has 1 rings (SSSR count). The van der Waals surface area contributed by atoms with E-state index in [-0.39, 0.29) is 12.1 Å². The highest BCUT2D eigenvalue weighted by atomic mass is 79.9. The van der Waals surface area contributed by atoms with Gasteiger partial charge < -0.3 is 15.4 Å². The van der Waals surface area contributed by atoms with Crippen molar-refractivity contribution < 1.29 is 4.74 Å². The van der Waals surface area contributed by atoms with Gasteiger partial charge in [0.25, 0.3) is 0 Å². The Kier molecular flexibility index (Phi) is 6.83. The molecular weight excluding hydrogens is 304 g/mol. The third-order valence-electron chi connectivity index (χ3n) is 2.87. The molecule has 0 saturated heterocycles. The number of halogens is 1. The highest BCUT2D eigenvalue weighted by Gasteiger charge is 2.10. The average Bonchev–Trinajstić information content (AvgIpc) is 2.27. The predicted octanol–water partition coefficient (Wildman–Crippen LogP) is 3.20. The smallest absolute Gasteiger partial charge is 0.0644 e. The van der Waals surface area contributed by atoms with Gasteiger partial charge in [-0.3, -0.25) is 0 Å². The Hall–Kier alpha value is -0.580. The Labute approximate surface area is 125 Å². The van der Waals surface area contributed by atoms with E-state index in [1.165, 1.54) is 11.3 Å². The standard InChI is InChI=1S/C15H25BrN2O/c1-11(2)19-8-7-18(4)15-6-5-14(16)10-13(15)9-12(3)17/h5-6,10-12H,7-9,17H2,1-4H3. The van der Waals surface area contributed by atoms with Gasteiger partial charge in [-0.2, -0.15) is 0 Å². The molecule has 4 heteroatoms. The van der Waals surface area contributed by atoms with Crippen LogP contribution in [-0.4, -0.2) is 32.3 Å². The molecule has 0 aliphatic heterocycles. The second-order valence-corrected chi connectivity index (χ2v) is 6.21. The van der Waals surface area contributed by atoms with Gasteiger partial charge in [0.1, 0.15) is 0 Å². The highest BCUT2D eigenvalue weighted by molar-refractivity contribution is 9.10. The van der Waals surface area contributed by atoms with Crippen molar-refractivity contribution in [2.45, 2.75) is 39.3 Å². The zero-order valence-corrected chi connectivity index (χ0v) is 13.9. The predicted molar refractivity (Wildman–Crippen MR) is 85.9 cm³/mol. The second kappa shape index (κ2) is 7.88. The molecule has 1 aromatic carbocycles.